The number of pyridine rings is 1. The number of benzene rings is 6. The van der Waals surface area contributed by atoms with Crippen molar-refractivity contribution in [2.45, 2.75) is 0 Å². The standard InChI is InChI=1S/C42H29N5O/c1-2-13-32(14-3-1)46(34-21-20-30-11-4-5-12-31(30)25-34)35-28-44-45(29-35)33-15-10-16-36(26-33)48-37-22-23-39-38-17-6-7-18-40(38)47(41(39)27-37)42-19-8-9-24-43-42/h1-29H. The Balaban J connectivity index is 1.06. The first kappa shape index (κ1) is 27.6. The summed E-state index contributed by atoms with van der Waals surface area (Å²) in [5.41, 5.74) is 6.12. The summed E-state index contributed by atoms with van der Waals surface area (Å²) in [6.07, 6.45) is 5.78. The number of fused-ring (bicyclic) bond motifs is 4. The van der Waals surface area contributed by atoms with Crippen molar-refractivity contribution in [3.8, 4) is 23.0 Å². The third-order valence-corrected chi connectivity index (χ3v) is 8.67. The summed E-state index contributed by atoms with van der Waals surface area (Å²) in [5.74, 6) is 2.33. The Kier molecular flexibility index (Phi) is 6.68. The normalized spacial score (nSPS) is 11.3. The summed E-state index contributed by atoms with van der Waals surface area (Å²) in [7, 11) is 0. The monoisotopic (exact) mass is 619 g/mol. The molecular weight excluding hydrogens is 590 g/mol. The molecule has 0 saturated carbocycles. The summed E-state index contributed by atoms with van der Waals surface area (Å²) < 4.78 is 10.6. The number of anilines is 3. The van der Waals surface area contributed by atoms with Gasteiger partial charge in [0.05, 0.1) is 34.8 Å². The molecule has 6 heteroatoms. The van der Waals surface area contributed by atoms with Gasteiger partial charge < -0.3 is 9.64 Å². The fraction of sp³-hybridized carbons (Fsp3) is 0. The second kappa shape index (κ2) is 11.6. The topological polar surface area (TPSA) is 48.1 Å². The minimum atomic E-state index is 0.721. The predicted molar refractivity (Wildman–Crippen MR) is 194 cm³/mol. The van der Waals surface area contributed by atoms with Crippen LogP contribution in [0.3, 0.4) is 0 Å². The van der Waals surface area contributed by atoms with Gasteiger partial charge >= 0.3 is 0 Å². The molecule has 0 saturated heterocycles. The maximum atomic E-state index is 6.48. The largest absolute Gasteiger partial charge is 0.457 e. The molecule has 0 radical (unpaired) electrons. The molecule has 9 aromatic rings. The minimum Gasteiger partial charge on any atom is -0.457 e. The second-order valence-corrected chi connectivity index (χ2v) is 11.7. The van der Waals surface area contributed by atoms with Gasteiger partial charge in [0.2, 0.25) is 0 Å². The van der Waals surface area contributed by atoms with Crippen LogP contribution in [-0.2, 0) is 0 Å². The van der Waals surface area contributed by atoms with Crippen LogP contribution in [0.2, 0.25) is 0 Å². The zero-order valence-electron chi connectivity index (χ0n) is 25.9. The molecule has 0 spiro atoms. The molecule has 0 bridgehead atoms. The first-order chi connectivity index (χ1) is 23.8. The smallest absolute Gasteiger partial charge is 0.137 e. The van der Waals surface area contributed by atoms with Crippen LogP contribution in [0, 0.1) is 0 Å². The molecule has 0 aliphatic rings. The van der Waals surface area contributed by atoms with Crippen molar-refractivity contribution >= 4 is 49.6 Å². The third kappa shape index (κ3) is 4.93. The van der Waals surface area contributed by atoms with Gasteiger partial charge in [0.1, 0.15) is 17.3 Å². The quantitative estimate of drug-likeness (QED) is 0.178. The van der Waals surface area contributed by atoms with Crippen LogP contribution in [0.25, 0.3) is 44.1 Å². The van der Waals surface area contributed by atoms with E-state index in [4.69, 9.17) is 9.84 Å². The number of ether oxygens (including phenoxy) is 1. The number of rotatable bonds is 7. The van der Waals surface area contributed by atoms with Gasteiger partial charge in [0.15, 0.2) is 0 Å². The van der Waals surface area contributed by atoms with Crippen molar-refractivity contribution < 1.29 is 4.74 Å². The summed E-state index contributed by atoms with van der Waals surface area (Å²) in [6, 6.07) is 54.0. The van der Waals surface area contributed by atoms with Gasteiger partial charge in [-0.25, -0.2) is 9.67 Å². The lowest BCUT2D eigenvalue weighted by Gasteiger charge is -2.24. The van der Waals surface area contributed by atoms with Gasteiger partial charge in [0, 0.05) is 40.5 Å². The second-order valence-electron chi connectivity index (χ2n) is 11.7. The number of hydrogen-bond acceptors (Lipinski definition) is 4. The van der Waals surface area contributed by atoms with Crippen molar-refractivity contribution in [3.63, 3.8) is 0 Å². The van der Waals surface area contributed by atoms with E-state index >= 15 is 0 Å². The number of hydrogen-bond donors (Lipinski definition) is 0. The maximum Gasteiger partial charge on any atom is 0.137 e. The lowest BCUT2D eigenvalue weighted by Crippen LogP contribution is -2.09. The Bertz CT molecular complexity index is 2550. The highest BCUT2D eigenvalue weighted by atomic mass is 16.5. The Morgan fingerprint density at radius 2 is 1.31 bits per heavy atom. The van der Waals surface area contributed by atoms with Crippen LogP contribution in [0.4, 0.5) is 17.1 Å². The molecule has 0 aliphatic heterocycles. The maximum absolute atomic E-state index is 6.48. The summed E-state index contributed by atoms with van der Waals surface area (Å²) in [5, 5.41) is 9.51. The lowest BCUT2D eigenvalue weighted by atomic mass is 10.1. The highest BCUT2D eigenvalue weighted by Crippen LogP contribution is 2.37. The zero-order chi connectivity index (χ0) is 31.9. The summed E-state index contributed by atoms with van der Waals surface area (Å²) >= 11 is 0. The van der Waals surface area contributed by atoms with Crippen LogP contribution in [0.5, 0.6) is 11.5 Å². The predicted octanol–water partition coefficient (Wildman–Crippen LogP) is 10.8. The molecule has 0 amide bonds. The minimum absolute atomic E-state index is 0.721. The van der Waals surface area contributed by atoms with E-state index in [0.717, 1.165) is 56.5 Å². The Labute approximate surface area is 277 Å². The Morgan fingerprint density at radius 1 is 0.521 bits per heavy atom. The van der Waals surface area contributed by atoms with Crippen molar-refractivity contribution in [3.05, 3.63) is 176 Å². The lowest BCUT2D eigenvalue weighted by molar-refractivity contribution is 0.483. The number of para-hydroxylation sites is 2. The van der Waals surface area contributed by atoms with Gasteiger partial charge in [-0.2, -0.15) is 5.10 Å². The molecule has 0 N–H and O–H groups in total. The molecule has 228 valence electrons. The van der Waals surface area contributed by atoms with E-state index in [9.17, 15) is 0 Å². The van der Waals surface area contributed by atoms with Gasteiger partial charge in [-0.3, -0.25) is 4.57 Å². The summed E-state index contributed by atoms with van der Waals surface area (Å²) in [4.78, 5) is 6.88. The molecule has 9 rings (SSSR count). The highest BCUT2D eigenvalue weighted by molar-refractivity contribution is 6.09. The number of aromatic nitrogens is 4. The SMILES string of the molecule is c1ccc(N(c2ccc3ccccc3c2)c2cnn(-c3cccc(Oc4ccc5c6ccccc6n(-c6ccccn6)c5c4)c3)c2)cc1. The molecule has 0 unspecified atom stereocenters. The molecular formula is C42H29N5O. The Hall–Kier alpha value is -6.66. The average molecular weight is 620 g/mol. The van der Waals surface area contributed by atoms with E-state index in [2.05, 4.69) is 124 Å². The van der Waals surface area contributed by atoms with Crippen molar-refractivity contribution in [1.29, 1.82) is 0 Å². The van der Waals surface area contributed by atoms with Gasteiger partial charge in [-0.1, -0.05) is 78.9 Å². The summed E-state index contributed by atoms with van der Waals surface area (Å²) in [6.45, 7) is 0. The molecule has 0 aliphatic carbocycles. The van der Waals surface area contributed by atoms with Crippen molar-refractivity contribution in [1.82, 2.24) is 19.3 Å². The Morgan fingerprint density at radius 3 is 2.21 bits per heavy atom. The molecule has 3 aromatic heterocycles. The first-order valence-electron chi connectivity index (χ1n) is 15.9. The van der Waals surface area contributed by atoms with E-state index in [0.29, 0.717) is 0 Å². The van der Waals surface area contributed by atoms with Gasteiger partial charge in [-0.05, 0) is 77.5 Å². The van der Waals surface area contributed by atoms with Gasteiger partial charge in [0.25, 0.3) is 0 Å². The van der Waals surface area contributed by atoms with Crippen molar-refractivity contribution in [2.24, 2.45) is 0 Å². The van der Waals surface area contributed by atoms with Gasteiger partial charge in [-0.15, -0.1) is 0 Å². The van der Waals surface area contributed by atoms with E-state index in [-0.39, 0.29) is 0 Å². The van der Waals surface area contributed by atoms with E-state index in [1.807, 2.05) is 71.7 Å². The third-order valence-electron chi connectivity index (χ3n) is 8.67. The highest BCUT2D eigenvalue weighted by Gasteiger charge is 2.17. The first-order valence-corrected chi connectivity index (χ1v) is 15.9. The van der Waals surface area contributed by atoms with Crippen LogP contribution < -0.4 is 9.64 Å². The number of nitrogens with zero attached hydrogens (tertiary/aromatic N) is 5. The van der Waals surface area contributed by atoms with E-state index in [1.165, 1.54) is 16.2 Å². The van der Waals surface area contributed by atoms with Crippen molar-refractivity contribution in [2.75, 3.05) is 4.90 Å². The van der Waals surface area contributed by atoms with Crippen LogP contribution in [0.15, 0.2) is 176 Å². The molecule has 0 atom stereocenters. The average Bonchev–Trinajstić information content (AvgIpc) is 3.76. The molecule has 0 fully saturated rings. The van der Waals surface area contributed by atoms with Crippen LogP contribution in [-0.4, -0.2) is 19.3 Å². The molecule has 48 heavy (non-hydrogen) atoms. The van der Waals surface area contributed by atoms with Crippen LogP contribution in [0.1, 0.15) is 0 Å². The molecule has 3 heterocycles. The van der Waals surface area contributed by atoms with E-state index < -0.39 is 0 Å². The fourth-order valence-corrected chi connectivity index (χ4v) is 6.48. The molecule has 6 aromatic carbocycles. The van der Waals surface area contributed by atoms with E-state index in [1.54, 1.807) is 0 Å². The zero-order valence-corrected chi connectivity index (χ0v) is 25.9. The fourth-order valence-electron chi connectivity index (χ4n) is 6.48. The molecule has 6 nitrogen and oxygen atoms in total. The van der Waals surface area contributed by atoms with Crippen LogP contribution >= 0.6 is 0 Å².